The molecule has 7 nitrogen and oxygen atoms in total. The van der Waals surface area contributed by atoms with E-state index in [1.165, 1.54) is 23.1 Å². The lowest BCUT2D eigenvalue weighted by Crippen LogP contribution is -2.44. The van der Waals surface area contributed by atoms with Gasteiger partial charge in [-0.15, -0.1) is 0 Å². The topological polar surface area (TPSA) is 95.6 Å². The van der Waals surface area contributed by atoms with Crippen molar-refractivity contribution in [1.29, 1.82) is 0 Å². The molecule has 2 aromatic carbocycles. The van der Waals surface area contributed by atoms with Crippen LogP contribution >= 0.6 is 0 Å². The fourth-order valence-electron chi connectivity index (χ4n) is 3.01. The Labute approximate surface area is 162 Å². The zero-order valence-corrected chi connectivity index (χ0v) is 15.7. The third kappa shape index (κ3) is 3.78. The molecule has 0 saturated heterocycles. The zero-order valence-electron chi connectivity index (χ0n) is 15.7. The Morgan fingerprint density at radius 1 is 1.00 bits per heavy atom. The Hall–Kier alpha value is -3.48. The van der Waals surface area contributed by atoms with Crippen molar-refractivity contribution in [2.45, 2.75) is 26.4 Å². The molecule has 0 fully saturated rings. The second-order valence-electron chi connectivity index (χ2n) is 6.53. The molecule has 28 heavy (non-hydrogen) atoms. The molecular weight excluding hydrogens is 358 g/mol. The van der Waals surface area contributed by atoms with Gasteiger partial charge in [0.25, 0.3) is 17.7 Å². The fraction of sp³-hybridized carbons (Fsp3) is 0.238. The Balaban J connectivity index is 1.77. The van der Waals surface area contributed by atoms with Crippen LogP contribution in [-0.4, -0.2) is 41.1 Å². The summed E-state index contributed by atoms with van der Waals surface area (Å²) in [6, 6.07) is 12.9. The van der Waals surface area contributed by atoms with E-state index in [0.29, 0.717) is 6.54 Å². The lowest BCUT2D eigenvalue weighted by atomic mass is 10.1. The SMILES string of the molecule is CCNC(=O)[C@@H](C)NC(=O)c1ccc2c(c1)C(=O)N(Cc1ccccc1)C2=O. The highest BCUT2D eigenvalue weighted by molar-refractivity contribution is 6.22. The van der Waals surface area contributed by atoms with E-state index < -0.39 is 17.9 Å². The van der Waals surface area contributed by atoms with Crippen molar-refractivity contribution >= 4 is 23.6 Å². The number of benzene rings is 2. The summed E-state index contributed by atoms with van der Waals surface area (Å²) in [5.41, 5.74) is 1.52. The van der Waals surface area contributed by atoms with Crippen molar-refractivity contribution < 1.29 is 19.2 Å². The van der Waals surface area contributed by atoms with Crippen LogP contribution in [0.2, 0.25) is 0 Å². The monoisotopic (exact) mass is 379 g/mol. The molecule has 1 atom stereocenters. The van der Waals surface area contributed by atoms with Gasteiger partial charge in [-0.05, 0) is 37.6 Å². The molecule has 7 heteroatoms. The predicted octanol–water partition coefficient (Wildman–Crippen LogP) is 1.74. The van der Waals surface area contributed by atoms with E-state index >= 15 is 0 Å². The summed E-state index contributed by atoms with van der Waals surface area (Å²) in [7, 11) is 0. The summed E-state index contributed by atoms with van der Waals surface area (Å²) in [4.78, 5) is 50.7. The molecular formula is C21H21N3O4. The number of carbonyl (C=O) groups excluding carboxylic acids is 4. The third-order valence-corrected chi connectivity index (χ3v) is 4.51. The highest BCUT2D eigenvalue weighted by Gasteiger charge is 2.36. The highest BCUT2D eigenvalue weighted by Crippen LogP contribution is 2.25. The van der Waals surface area contributed by atoms with Gasteiger partial charge in [0.2, 0.25) is 5.91 Å². The number of hydrogen-bond acceptors (Lipinski definition) is 4. The third-order valence-electron chi connectivity index (χ3n) is 4.51. The van der Waals surface area contributed by atoms with Crippen LogP contribution in [0.25, 0.3) is 0 Å². The van der Waals surface area contributed by atoms with E-state index in [4.69, 9.17) is 0 Å². The van der Waals surface area contributed by atoms with Crippen LogP contribution in [0, 0.1) is 0 Å². The molecule has 0 saturated carbocycles. The van der Waals surface area contributed by atoms with Gasteiger partial charge in [-0.25, -0.2) is 0 Å². The van der Waals surface area contributed by atoms with E-state index in [-0.39, 0.29) is 35.0 Å². The second kappa shape index (κ2) is 8.04. The maximum absolute atomic E-state index is 12.7. The molecule has 2 N–H and O–H groups in total. The molecule has 144 valence electrons. The molecule has 0 spiro atoms. The maximum atomic E-state index is 12.7. The largest absolute Gasteiger partial charge is 0.355 e. The first-order chi connectivity index (χ1) is 13.4. The van der Waals surface area contributed by atoms with Crippen LogP contribution in [0.1, 0.15) is 50.5 Å². The first-order valence-electron chi connectivity index (χ1n) is 9.05. The molecule has 0 aromatic heterocycles. The number of likely N-dealkylation sites (N-methyl/N-ethyl adjacent to an activating group) is 1. The zero-order chi connectivity index (χ0) is 20.3. The minimum atomic E-state index is -0.715. The quantitative estimate of drug-likeness (QED) is 0.748. The van der Waals surface area contributed by atoms with Crippen LogP contribution < -0.4 is 10.6 Å². The minimum absolute atomic E-state index is 0.170. The molecule has 0 bridgehead atoms. The van der Waals surface area contributed by atoms with Crippen LogP contribution in [0.15, 0.2) is 48.5 Å². The van der Waals surface area contributed by atoms with Crippen LogP contribution in [0.5, 0.6) is 0 Å². The Kier molecular flexibility index (Phi) is 5.54. The number of rotatable bonds is 6. The van der Waals surface area contributed by atoms with Crippen LogP contribution in [0.3, 0.4) is 0 Å². The molecule has 3 rings (SSSR count). The van der Waals surface area contributed by atoms with Gasteiger partial charge < -0.3 is 10.6 Å². The first-order valence-corrected chi connectivity index (χ1v) is 9.05. The van der Waals surface area contributed by atoms with Gasteiger partial charge in [-0.3, -0.25) is 24.1 Å². The number of amides is 4. The molecule has 1 aliphatic rings. The molecule has 1 aliphatic heterocycles. The van der Waals surface area contributed by atoms with E-state index in [2.05, 4.69) is 10.6 Å². The highest BCUT2D eigenvalue weighted by atomic mass is 16.2. The lowest BCUT2D eigenvalue weighted by Gasteiger charge is -2.13. The van der Waals surface area contributed by atoms with Crippen molar-refractivity contribution in [1.82, 2.24) is 15.5 Å². The van der Waals surface area contributed by atoms with Crippen LogP contribution in [0.4, 0.5) is 0 Å². The summed E-state index contributed by atoms with van der Waals surface area (Å²) in [5, 5.41) is 5.21. The summed E-state index contributed by atoms with van der Waals surface area (Å²) in [5.74, 6) is -1.60. The number of carbonyl (C=O) groups is 4. The number of fused-ring (bicyclic) bond motifs is 1. The minimum Gasteiger partial charge on any atom is -0.355 e. The van der Waals surface area contributed by atoms with Gasteiger partial charge in [0.1, 0.15) is 6.04 Å². The van der Waals surface area contributed by atoms with E-state index in [1.807, 2.05) is 30.3 Å². The number of nitrogens with one attached hydrogen (secondary N) is 2. The Morgan fingerprint density at radius 3 is 2.36 bits per heavy atom. The van der Waals surface area contributed by atoms with Gasteiger partial charge in [-0.2, -0.15) is 0 Å². The van der Waals surface area contributed by atoms with Crippen molar-refractivity contribution in [3.63, 3.8) is 0 Å². The van der Waals surface area contributed by atoms with Crippen molar-refractivity contribution in [2.75, 3.05) is 6.54 Å². The molecule has 2 aromatic rings. The van der Waals surface area contributed by atoms with Gasteiger partial charge in [-0.1, -0.05) is 30.3 Å². The fourth-order valence-corrected chi connectivity index (χ4v) is 3.01. The van der Waals surface area contributed by atoms with E-state index in [0.717, 1.165) is 5.56 Å². The Bertz CT molecular complexity index is 940. The Morgan fingerprint density at radius 2 is 1.68 bits per heavy atom. The predicted molar refractivity (Wildman–Crippen MR) is 103 cm³/mol. The maximum Gasteiger partial charge on any atom is 0.261 e. The van der Waals surface area contributed by atoms with Gasteiger partial charge in [0, 0.05) is 12.1 Å². The van der Waals surface area contributed by atoms with Gasteiger partial charge in [0.15, 0.2) is 0 Å². The summed E-state index contributed by atoms with van der Waals surface area (Å²) >= 11 is 0. The van der Waals surface area contributed by atoms with Crippen LogP contribution in [-0.2, 0) is 11.3 Å². The molecule has 1 heterocycles. The number of hydrogen-bond donors (Lipinski definition) is 2. The molecule has 4 amide bonds. The van der Waals surface area contributed by atoms with E-state index in [1.54, 1.807) is 13.8 Å². The number of imide groups is 1. The first kappa shape index (κ1) is 19.3. The summed E-state index contributed by atoms with van der Waals surface area (Å²) in [6.07, 6.45) is 0. The standard InChI is InChI=1S/C21H21N3O4/c1-3-22-18(25)13(2)23-19(26)15-9-10-16-17(11-15)21(28)24(20(16)27)12-14-7-5-4-6-8-14/h4-11,13H,3,12H2,1-2H3,(H,22,25)(H,23,26)/t13-/m1/s1. The van der Waals surface area contributed by atoms with Gasteiger partial charge in [0.05, 0.1) is 17.7 Å². The number of nitrogens with zero attached hydrogens (tertiary/aromatic N) is 1. The van der Waals surface area contributed by atoms with Crippen molar-refractivity contribution in [3.8, 4) is 0 Å². The summed E-state index contributed by atoms with van der Waals surface area (Å²) < 4.78 is 0. The summed E-state index contributed by atoms with van der Waals surface area (Å²) in [6.45, 7) is 4.00. The van der Waals surface area contributed by atoms with Gasteiger partial charge >= 0.3 is 0 Å². The average molecular weight is 379 g/mol. The average Bonchev–Trinajstić information content (AvgIpc) is 2.93. The smallest absolute Gasteiger partial charge is 0.261 e. The second-order valence-corrected chi connectivity index (χ2v) is 6.53. The molecule has 0 radical (unpaired) electrons. The van der Waals surface area contributed by atoms with Crippen molar-refractivity contribution in [2.24, 2.45) is 0 Å². The normalized spacial score (nSPS) is 13.9. The lowest BCUT2D eigenvalue weighted by molar-refractivity contribution is -0.122. The molecule has 0 aliphatic carbocycles. The molecule has 0 unspecified atom stereocenters. The van der Waals surface area contributed by atoms with E-state index in [9.17, 15) is 19.2 Å². The van der Waals surface area contributed by atoms with Crippen molar-refractivity contribution in [3.05, 3.63) is 70.8 Å².